The van der Waals surface area contributed by atoms with Crippen molar-refractivity contribution in [3.63, 3.8) is 0 Å². The topological polar surface area (TPSA) is 84.5 Å². The maximum Gasteiger partial charge on any atom is 0.471 e. The van der Waals surface area contributed by atoms with E-state index < -0.39 is 23.9 Å². The van der Waals surface area contributed by atoms with Crippen molar-refractivity contribution >= 4 is 62.3 Å². The summed E-state index contributed by atoms with van der Waals surface area (Å²) in [5.41, 5.74) is 0.142. The number of rotatable bonds is 6. The van der Waals surface area contributed by atoms with Crippen molar-refractivity contribution in [2.24, 2.45) is 0 Å². The predicted molar refractivity (Wildman–Crippen MR) is 114 cm³/mol. The smallest absolute Gasteiger partial charge is 0.465 e. The first-order chi connectivity index (χ1) is 15.1. The third-order valence-electron chi connectivity index (χ3n) is 4.03. The molecule has 0 fully saturated rings. The maximum absolute atomic E-state index is 12.9. The second-order valence-corrected chi connectivity index (χ2v) is 8.35. The zero-order chi connectivity index (χ0) is 23.5. The quantitative estimate of drug-likeness (QED) is 0.289. The maximum atomic E-state index is 12.9. The number of benzene rings is 2. The lowest BCUT2D eigenvalue weighted by molar-refractivity contribution is -0.167. The van der Waals surface area contributed by atoms with Crippen molar-refractivity contribution in [1.82, 2.24) is 0 Å². The van der Waals surface area contributed by atoms with Gasteiger partial charge in [-0.05, 0) is 36.4 Å². The minimum absolute atomic E-state index is 0.00971. The summed E-state index contributed by atoms with van der Waals surface area (Å²) in [6.07, 6.45) is -5.13. The first kappa shape index (κ1) is 23.5. The monoisotopic (exact) mass is 486 g/mol. The van der Waals surface area contributed by atoms with Gasteiger partial charge in [-0.2, -0.15) is 13.2 Å². The Labute approximate surface area is 186 Å². The van der Waals surface area contributed by atoms with Crippen molar-refractivity contribution in [3.05, 3.63) is 53.2 Å². The summed E-state index contributed by atoms with van der Waals surface area (Å²) in [4.78, 5) is 35.9. The van der Waals surface area contributed by atoms with Gasteiger partial charge < -0.3 is 15.4 Å². The summed E-state index contributed by atoms with van der Waals surface area (Å²) in [7, 11) is 1.07. The van der Waals surface area contributed by atoms with E-state index in [1.807, 2.05) is 0 Å². The molecule has 3 rings (SSSR count). The van der Waals surface area contributed by atoms with Crippen LogP contribution < -0.4 is 10.6 Å². The Bertz CT molecular complexity index is 1180. The van der Waals surface area contributed by atoms with Crippen LogP contribution in [0.1, 0.15) is 9.67 Å². The molecule has 0 saturated carbocycles. The van der Waals surface area contributed by atoms with Gasteiger partial charge in [0.25, 0.3) is 0 Å². The summed E-state index contributed by atoms with van der Waals surface area (Å²) in [6.45, 7) is 0. The van der Waals surface area contributed by atoms with E-state index in [1.165, 1.54) is 30.3 Å². The van der Waals surface area contributed by atoms with Crippen molar-refractivity contribution in [2.75, 3.05) is 23.5 Å². The summed E-state index contributed by atoms with van der Waals surface area (Å²) in [5, 5.41) is 4.58. The molecule has 0 saturated heterocycles. The minimum atomic E-state index is -5.13. The Morgan fingerprint density at radius 1 is 1.06 bits per heavy atom. The van der Waals surface area contributed by atoms with Crippen LogP contribution in [0.5, 0.6) is 0 Å². The molecule has 1 heterocycles. The Hall–Kier alpha value is -3.12. The third-order valence-corrected chi connectivity index (χ3v) is 6.15. The summed E-state index contributed by atoms with van der Waals surface area (Å²) >= 11 is 2.01. The number of amides is 2. The van der Waals surface area contributed by atoms with Crippen LogP contribution in [-0.2, 0) is 14.3 Å². The number of thiophene rings is 1. The highest BCUT2D eigenvalue weighted by Crippen LogP contribution is 2.39. The molecule has 0 aliphatic heterocycles. The van der Waals surface area contributed by atoms with Gasteiger partial charge in [0.05, 0.1) is 18.6 Å². The largest absolute Gasteiger partial charge is 0.471 e. The van der Waals surface area contributed by atoms with Gasteiger partial charge in [0.2, 0.25) is 5.91 Å². The molecule has 0 radical (unpaired) electrons. The predicted octanol–water partition coefficient (Wildman–Crippen LogP) is 5.06. The average molecular weight is 486 g/mol. The van der Waals surface area contributed by atoms with Crippen LogP contribution in [0, 0.1) is 5.82 Å². The van der Waals surface area contributed by atoms with E-state index in [0.717, 1.165) is 30.2 Å². The van der Waals surface area contributed by atoms with E-state index in [-0.39, 0.29) is 27.6 Å². The molecular weight excluding hydrogens is 472 g/mol. The van der Waals surface area contributed by atoms with E-state index in [0.29, 0.717) is 15.3 Å². The number of methoxy groups -OCH3 is 1. The lowest BCUT2D eigenvalue weighted by Gasteiger charge is -2.09. The fourth-order valence-electron chi connectivity index (χ4n) is 2.59. The van der Waals surface area contributed by atoms with Gasteiger partial charge in [0.15, 0.2) is 0 Å². The molecule has 6 nitrogen and oxygen atoms in total. The lowest BCUT2D eigenvalue weighted by atomic mass is 10.2. The molecular formula is C20H14F4N2O4S2. The molecule has 12 heteroatoms. The van der Waals surface area contributed by atoms with Gasteiger partial charge in [0, 0.05) is 20.7 Å². The Morgan fingerprint density at radius 3 is 2.38 bits per heavy atom. The Morgan fingerprint density at radius 2 is 1.75 bits per heavy atom. The van der Waals surface area contributed by atoms with Crippen LogP contribution in [0.15, 0.2) is 47.4 Å². The number of carbonyl (C=O) groups is 3. The van der Waals surface area contributed by atoms with Gasteiger partial charge in [0.1, 0.15) is 10.7 Å². The molecule has 3 aromatic rings. The number of hydrogen-bond donors (Lipinski definition) is 2. The fourth-order valence-corrected chi connectivity index (χ4v) is 4.52. The van der Waals surface area contributed by atoms with E-state index in [9.17, 15) is 31.9 Å². The van der Waals surface area contributed by atoms with Gasteiger partial charge in [-0.1, -0.05) is 6.07 Å². The Balaban J connectivity index is 1.78. The number of esters is 1. The van der Waals surface area contributed by atoms with Crippen molar-refractivity contribution in [2.45, 2.75) is 11.1 Å². The molecule has 0 spiro atoms. The molecule has 2 amide bonds. The van der Waals surface area contributed by atoms with Gasteiger partial charge in [-0.15, -0.1) is 23.1 Å². The normalized spacial score (nSPS) is 11.3. The van der Waals surface area contributed by atoms with Gasteiger partial charge in [-0.3, -0.25) is 9.59 Å². The molecule has 1 aromatic heterocycles. The second kappa shape index (κ2) is 9.57. The van der Waals surface area contributed by atoms with E-state index in [2.05, 4.69) is 10.1 Å². The van der Waals surface area contributed by atoms with Crippen LogP contribution in [0.4, 0.5) is 28.9 Å². The van der Waals surface area contributed by atoms with Gasteiger partial charge >= 0.3 is 18.1 Å². The average Bonchev–Trinajstić information content (AvgIpc) is 3.10. The molecule has 0 atom stereocenters. The third kappa shape index (κ3) is 5.56. The molecule has 2 N–H and O–H groups in total. The van der Waals surface area contributed by atoms with Gasteiger partial charge in [-0.25, -0.2) is 9.18 Å². The molecule has 0 bridgehead atoms. The number of halogens is 4. The second-order valence-electron chi connectivity index (χ2n) is 6.25. The highest BCUT2D eigenvalue weighted by atomic mass is 32.2. The van der Waals surface area contributed by atoms with E-state index >= 15 is 0 Å². The standard InChI is InChI=1S/C20H14F4N2O4S2/c1-30-18(28)17-16(26-19(29)20(22,23)24)13-7-6-12(8-14(13)32-17)31-9-15(27)25-11-4-2-10(21)3-5-11/h2-8H,9H2,1H3,(H,25,27)(H,26,29). The van der Waals surface area contributed by atoms with E-state index in [1.54, 1.807) is 17.4 Å². The SMILES string of the molecule is COC(=O)c1sc2cc(SCC(=O)Nc3ccc(F)cc3)ccc2c1NC(=O)C(F)(F)F. The van der Waals surface area contributed by atoms with E-state index in [4.69, 9.17) is 0 Å². The fraction of sp³-hybridized carbons (Fsp3) is 0.150. The molecule has 168 valence electrons. The number of carbonyl (C=O) groups excluding carboxylic acids is 3. The molecule has 2 aromatic carbocycles. The first-order valence-electron chi connectivity index (χ1n) is 8.79. The van der Waals surface area contributed by atoms with Crippen LogP contribution in [0.2, 0.25) is 0 Å². The first-order valence-corrected chi connectivity index (χ1v) is 10.6. The highest BCUT2D eigenvalue weighted by Gasteiger charge is 2.40. The Kier molecular flexibility index (Phi) is 7.04. The van der Waals surface area contributed by atoms with Crippen LogP contribution in [0.25, 0.3) is 10.1 Å². The van der Waals surface area contributed by atoms with Crippen LogP contribution >= 0.6 is 23.1 Å². The molecule has 32 heavy (non-hydrogen) atoms. The van der Waals surface area contributed by atoms with Crippen LogP contribution in [0.3, 0.4) is 0 Å². The molecule has 0 aliphatic rings. The zero-order valence-electron chi connectivity index (χ0n) is 16.2. The zero-order valence-corrected chi connectivity index (χ0v) is 17.8. The summed E-state index contributed by atoms with van der Waals surface area (Å²) in [6, 6.07) is 9.84. The number of alkyl halides is 3. The lowest BCUT2D eigenvalue weighted by Crippen LogP contribution is -2.30. The van der Waals surface area contributed by atoms with Crippen LogP contribution in [-0.4, -0.2) is 36.8 Å². The molecule has 0 aliphatic carbocycles. The number of hydrogen-bond acceptors (Lipinski definition) is 6. The van der Waals surface area contributed by atoms with Crippen molar-refractivity contribution in [3.8, 4) is 0 Å². The number of thioether (sulfide) groups is 1. The number of anilines is 2. The molecule has 0 unspecified atom stereocenters. The summed E-state index contributed by atoms with van der Waals surface area (Å²) < 4.78 is 56.0. The minimum Gasteiger partial charge on any atom is -0.465 e. The number of ether oxygens (including phenoxy) is 1. The number of nitrogens with one attached hydrogen (secondary N) is 2. The summed E-state index contributed by atoms with van der Waals surface area (Å²) in [5.74, 6) is -3.87. The number of fused-ring (bicyclic) bond motifs is 1. The van der Waals surface area contributed by atoms with Crippen molar-refractivity contribution in [1.29, 1.82) is 0 Å². The highest BCUT2D eigenvalue weighted by molar-refractivity contribution is 8.00. The van der Waals surface area contributed by atoms with Crippen molar-refractivity contribution < 1.29 is 36.7 Å².